The highest BCUT2D eigenvalue weighted by Gasteiger charge is 2.53. The summed E-state index contributed by atoms with van der Waals surface area (Å²) in [6, 6.07) is 20.5. The molecule has 41 heavy (non-hydrogen) atoms. The second-order valence-electron chi connectivity index (χ2n) is 10.6. The molecule has 3 heterocycles. The number of esters is 1. The lowest BCUT2D eigenvalue weighted by Gasteiger charge is -2.55. The van der Waals surface area contributed by atoms with E-state index >= 15 is 0 Å². The van der Waals surface area contributed by atoms with Crippen LogP contribution in [0.15, 0.2) is 78.9 Å². The molecule has 3 aromatic rings. The zero-order valence-corrected chi connectivity index (χ0v) is 22.2. The minimum absolute atomic E-state index is 0.106. The maximum Gasteiger partial charge on any atom is 0.416 e. The Bertz CT molecular complexity index is 1270. The van der Waals surface area contributed by atoms with Gasteiger partial charge >= 0.3 is 18.3 Å². The van der Waals surface area contributed by atoms with E-state index in [-0.39, 0.29) is 29.5 Å². The van der Waals surface area contributed by atoms with Crippen molar-refractivity contribution in [2.45, 2.75) is 43.4 Å². The van der Waals surface area contributed by atoms with Crippen LogP contribution in [0.4, 0.5) is 26.3 Å². The second kappa shape index (κ2) is 11.5. The van der Waals surface area contributed by atoms with E-state index in [1.54, 1.807) is 0 Å². The molecular formula is C31H29F6NO3. The van der Waals surface area contributed by atoms with Gasteiger partial charge < -0.3 is 9.47 Å². The number of hydrogen-bond acceptors (Lipinski definition) is 4. The SMILES string of the molecule is COC(=O)[C@@H]1CN2CC[C@H]1[C@H](OCc1cc(C(F)(F)F)cc(C(F)(F)F)c1)[C@H]2C(c1ccccc1)c1ccccc1. The molecule has 0 amide bonds. The number of nitrogens with zero attached hydrogens (tertiary/aromatic N) is 1. The van der Waals surface area contributed by atoms with Crippen LogP contribution in [-0.2, 0) is 33.2 Å². The Morgan fingerprint density at radius 1 is 0.878 bits per heavy atom. The van der Waals surface area contributed by atoms with Gasteiger partial charge in [-0.05, 0) is 47.9 Å². The summed E-state index contributed by atoms with van der Waals surface area (Å²) in [6.45, 7) is 0.600. The number of ether oxygens (including phenoxy) is 2. The predicted octanol–water partition coefficient (Wildman–Crippen LogP) is 6.93. The smallest absolute Gasteiger partial charge is 0.416 e. The summed E-state index contributed by atoms with van der Waals surface area (Å²) in [5, 5.41) is 0. The number of piperidine rings is 3. The molecule has 0 aromatic heterocycles. The van der Waals surface area contributed by atoms with Gasteiger partial charge in [0.15, 0.2) is 0 Å². The molecule has 1 unspecified atom stereocenters. The standard InChI is InChI=1S/C31H29F6NO3/c1-40-29(39)25-17-38-13-12-24(25)28(27(38)26(20-8-4-2-5-9-20)21-10-6-3-7-11-21)41-18-19-14-22(30(32,33)34)16-23(15-19)31(35,36)37/h2-11,14-16,24-28H,12-13,17-18H2,1H3/t24-,25-,27-,28+/m1/s1. The number of carbonyl (C=O) groups is 1. The molecule has 0 aliphatic carbocycles. The van der Waals surface area contributed by atoms with Gasteiger partial charge in [-0.3, -0.25) is 9.69 Å². The molecule has 6 rings (SSSR count). The number of methoxy groups -OCH3 is 1. The average Bonchev–Trinajstić information content (AvgIpc) is 2.96. The van der Waals surface area contributed by atoms with Crippen LogP contribution in [0.5, 0.6) is 0 Å². The molecule has 0 spiro atoms. The predicted molar refractivity (Wildman–Crippen MR) is 139 cm³/mol. The van der Waals surface area contributed by atoms with Crippen LogP contribution in [0, 0.1) is 11.8 Å². The molecule has 3 aliphatic rings. The molecule has 0 N–H and O–H groups in total. The van der Waals surface area contributed by atoms with Crippen molar-refractivity contribution in [3.05, 3.63) is 107 Å². The van der Waals surface area contributed by atoms with Gasteiger partial charge in [0.2, 0.25) is 0 Å². The van der Waals surface area contributed by atoms with Gasteiger partial charge in [-0.25, -0.2) is 0 Å². The molecule has 3 aliphatic heterocycles. The average molecular weight is 578 g/mol. The van der Waals surface area contributed by atoms with Crippen molar-refractivity contribution >= 4 is 5.97 Å². The molecule has 0 saturated carbocycles. The molecule has 3 fully saturated rings. The van der Waals surface area contributed by atoms with E-state index in [2.05, 4.69) is 4.90 Å². The number of benzene rings is 3. The van der Waals surface area contributed by atoms with E-state index < -0.39 is 48.1 Å². The summed E-state index contributed by atoms with van der Waals surface area (Å²) in [6.07, 6.45) is -10.0. The monoisotopic (exact) mass is 577 g/mol. The molecule has 3 aromatic carbocycles. The summed E-state index contributed by atoms with van der Waals surface area (Å²) in [7, 11) is 1.30. The van der Waals surface area contributed by atoms with Crippen LogP contribution < -0.4 is 0 Å². The maximum atomic E-state index is 13.5. The molecule has 2 bridgehead atoms. The van der Waals surface area contributed by atoms with Crippen molar-refractivity contribution in [2.75, 3.05) is 20.2 Å². The van der Waals surface area contributed by atoms with Crippen LogP contribution in [0.3, 0.4) is 0 Å². The number of rotatable bonds is 7. The highest BCUT2D eigenvalue weighted by molar-refractivity contribution is 5.73. The van der Waals surface area contributed by atoms with Gasteiger partial charge in [0.05, 0.1) is 36.9 Å². The Balaban J connectivity index is 1.55. The van der Waals surface area contributed by atoms with Crippen LogP contribution in [-0.4, -0.2) is 43.2 Å². The fraction of sp³-hybridized carbons (Fsp3) is 0.387. The number of fused-ring (bicyclic) bond motifs is 3. The Hall–Kier alpha value is -3.37. The molecule has 4 nitrogen and oxygen atoms in total. The van der Waals surface area contributed by atoms with Crippen LogP contribution in [0.25, 0.3) is 0 Å². The zero-order valence-electron chi connectivity index (χ0n) is 22.2. The third kappa shape index (κ3) is 6.13. The second-order valence-corrected chi connectivity index (χ2v) is 10.6. The third-order valence-electron chi connectivity index (χ3n) is 8.13. The first-order valence-electron chi connectivity index (χ1n) is 13.3. The van der Waals surface area contributed by atoms with Crippen molar-refractivity contribution in [3.63, 3.8) is 0 Å². The topological polar surface area (TPSA) is 38.8 Å². The summed E-state index contributed by atoms with van der Waals surface area (Å²) in [4.78, 5) is 14.9. The lowest BCUT2D eigenvalue weighted by atomic mass is 9.68. The van der Waals surface area contributed by atoms with Gasteiger partial charge in [-0.2, -0.15) is 26.3 Å². The summed E-state index contributed by atoms with van der Waals surface area (Å²) < 4.78 is 92.4. The molecule has 0 radical (unpaired) electrons. The van der Waals surface area contributed by atoms with Gasteiger partial charge in [0, 0.05) is 24.4 Å². The molecule has 3 saturated heterocycles. The Morgan fingerprint density at radius 3 is 1.90 bits per heavy atom. The Morgan fingerprint density at radius 2 is 1.41 bits per heavy atom. The first kappa shape index (κ1) is 29.1. The van der Waals surface area contributed by atoms with Gasteiger partial charge in [0.25, 0.3) is 0 Å². The van der Waals surface area contributed by atoms with Crippen molar-refractivity contribution < 1.29 is 40.6 Å². The molecule has 218 valence electrons. The van der Waals surface area contributed by atoms with Gasteiger partial charge in [-0.15, -0.1) is 0 Å². The minimum atomic E-state index is -4.96. The van der Waals surface area contributed by atoms with E-state index in [4.69, 9.17) is 9.47 Å². The van der Waals surface area contributed by atoms with E-state index in [0.29, 0.717) is 31.6 Å². The summed E-state index contributed by atoms with van der Waals surface area (Å²) >= 11 is 0. The molecule has 5 atom stereocenters. The number of alkyl halides is 6. The first-order valence-corrected chi connectivity index (χ1v) is 13.3. The lowest BCUT2D eigenvalue weighted by Crippen LogP contribution is -2.65. The number of hydrogen-bond donors (Lipinski definition) is 0. The highest BCUT2D eigenvalue weighted by Crippen LogP contribution is 2.46. The van der Waals surface area contributed by atoms with Gasteiger partial charge in [-0.1, -0.05) is 60.7 Å². The van der Waals surface area contributed by atoms with E-state index in [1.807, 2.05) is 60.7 Å². The number of halogens is 6. The van der Waals surface area contributed by atoms with Crippen molar-refractivity contribution in [2.24, 2.45) is 11.8 Å². The summed E-state index contributed by atoms with van der Waals surface area (Å²) in [5.74, 6) is -1.51. The molecular weight excluding hydrogens is 548 g/mol. The Kier molecular flexibility index (Phi) is 8.16. The minimum Gasteiger partial charge on any atom is -0.469 e. The van der Waals surface area contributed by atoms with Crippen molar-refractivity contribution in [1.29, 1.82) is 0 Å². The van der Waals surface area contributed by atoms with Crippen LogP contribution in [0.2, 0.25) is 0 Å². The zero-order chi connectivity index (χ0) is 29.4. The lowest BCUT2D eigenvalue weighted by molar-refractivity contribution is -0.175. The first-order chi connectivity index (χ1) is 19.5. The fourth-order valence-corrected chi connectivity index (χ4v) is 6.35. The highest BCUT2D eigenvalue weighted by atomic mass is 19.4. The van der Waals surface area contributed by atoms with Crippen LogP contribution in [0.1, 0.15) is 40.2 Å². The molecule has 10 heteroatoms. The third-order valence-corrected chi connectivity index (χ3v) is 8.13. The van der Waals surface area contributed by atoms with E-state index in [0.717, 1.165) is 11.1 Å². The van der Waals surface area contributed by atoms with Crippen LogP contribution >= 0.6 is 0 Å². The number of carbonyl (C=O) groups excluding carboxylic acids is 1. The van der Waals surface area contributed by atoms with Gasteiger partial charge in [0.1, 0.15) is 0 Å². The Labute approximate surface area is 233 Å². The summed E-state index contributed by atoms with van der Waals surface area (Å²) in [5.41, 5.74) is -1.06. The van der Waals surface area contributed by atoms with E-state index in [9.17, 15) is 31.1 Å². The fourth-order valence-electron chi connectivity index (χ4n) is 6.35. The maximum absolute atomic E-state index is 13.5. The van der Waals surface area contributed by atoms with Crippen molar-refractivity contribution in [3.8, 4) is 0 Å². The van der Waals surface area contributed by atoms with E-state index in [1.165, 1.54) is 7.11 Å². The normalized spacial score (nSPS) is 24.4. The quantitative estimate of drug-likeness (QED) is 0.226. The largest absolute Gasteiger partial charge is 0.469 e. The van der Waals surface area contributed by atoms with Crippen molar-refractivity contribution in [1.82, 2.24) is 4.90 Å².